The highest BCUT2D eigenvalue weighted by atomic mass is 32.1. The molecule has 0 unspecified atom stereocenters. The maximum absolute atomic E-state index is 5.64. The third-order valence-electron chi connectivity index (χ3n) is 3.96. The molecule has 0 atom stereocenters. The molecule has 2 rings (SSSR count). The highest BCUT2D eigenvalue weighted by Gasteiger charge is 2.13. The molecule has 0 saturated heterocycles. The average Bonchev–Trinajstić information content (AvgIpc) is 2.64. The zero-order valence-electron chi connectivity index (χ0n) is 16.0. The van der Waals surface area contributed by atoms with Crippen molar-refractivity contribution in [1.82, 2.24) is 5.32 Å². The number of thiocarbonyl (C=S) groups is 1. The van der Waals surface area contributed by atoms with Crippen LogP contribution in [0.4, 0.5) is 11.4 Å². The zero-order valence-corrected chi connectivity index (χ0v) is 16.8. The van der Waals surface area contributed by atoms with Crippen molar-refractivity contribution in [3.63, 3.8) is 0 Å². The van der Waals surface area contributed by atoms with Crippen molar-refractivity contribution in [2.24, 2.45) is 0 Å². The lowest BCUT2D eigenvalue weighted by Crippen LogP contribution is -2.40. The monoisotopic (exact) mass is 369 g/mol. The van der Waals surface area contributed by atoms with E-state index < -0.39 is 0 Å². The summed E-state index contributed by atoms with van der Waals surface area (Å²) < 4.78 is 5.26. The number of ether oxygens (including phenoxy) is 1. The molecule has 0 aliphatic rings. The van der Waals surface area contributed by atoms with Crippen molar-refractivity contribution in [3.05, 3.63) is 66.2 Å². The number of benzene rings is 2. The highest BCUT2D eigenvalue weighted by Crippen LogP contribution is 2.22. The van der Waals surface area contributed by atoms with Crippen LogP contribution in [0.2, 0.25) is 0 Å². The molecule has 138 valence electrons. The summed E-state index contributed by atoms with van der Waals surface area (Å²) in [6.07, 6.45) is 0. The summed E-state index contributed by atoms with van der Waals surface area (Å²) in [6, 6.07) is 16.4. The molecule has 0 radical (unpaired) electrons. The standard InChI is InChI=1S/C21H27N3OS/c1-16(2)14-22-21(26)24(19-10-12-20(25-5)13-11-19)15-17-6-8-18(9-7-17)23(3)4/h6-13H,1,14-15H2,2-5H3,(H,22,26). The Morgan fingerprint density at radius 3 is 2.12 bits per heavy atom. The molecule has 26 heavy (non-hydrogen) atoms. The van der Waals surface area contributed by atoms with Crippen molar-refractivity contribution in [3.8, 4) is 5.75 Å². The smallest absolute Gasteiger partial charge is 0.174 e. The van der Waals surface area contributed by atoms with Crippen LogP contribution < -0.4 is 19.9 Å². The van der Waals surface area contributed by atoms with Crippen LogP contribution in [0.5, 0.6) is 5.75 Å². The molecular formula is C21H27N3OS. The fraction of sp³-hybridized carbons (Fsp3) is 0.286. The quantitative estimate of drug-likeness (QED) is 0.583. The van der Waals surface area contributed by atoms with Gasteiger partial charge in [0.1, 0.15) is 5.75 Å². The number of hydrogen-bond donors (Lipinski definition) is 1. The normalized spacial score (nSPS) is 10.2. The molecule has 0 aliphatic carbocycles. The predicted molar refractivity (Wildman–Crippen MR) is 115 cm³/mol. The van der Waals surface area contributed by atoms with Gasteiger partial charge in [-0.25, -0.2) is 0 Å². The Morgan fingerprint density at radius 1 is 1.04 bits per heavy atom. The number of nitrogens with one attached hydrogen (secondary N) is 1. The van der Waals surface area contributed by atoms with Gasteiger partial charge in [-0.15, -0.1) is 0 Å². The topological polar surface area (TPSA) is 27.7 Å². The van der Waals surface area contributed by atoms with E-state index in [0.29, 0.717) is 18.2 Å². The summed E-state index contributed by atoms with van der Waals surface area (Å²) in [5.74, 6) is 0.824. The van der Waals surface area contributed by atoms with Crippen molar-refractivity contribution >= 4 is 28.7 Å². The van der Waals surface area contributed by atoms with Gasteiger partial charge in [0.05, 0.1) is 13.7 Å². The third-order valence-corrected chi connectivity index (χ3v) is 4.33. The third kappa shape index (κ3) is 5.49. The van der Waals surface area contributed by atoms with Crippen molar-refractivity contribution in [2.45, 2.75) is 13.5 Å². The first-order chi connectivity index (χ1) is 12.4. The molecule has 2 aromatic rings. The molecule has 5 heteroatoms. The fourth-order valence-corrected chi connectivity index (χ4v) is 2.69. The fourth-order valence-electron chi connectivity index (χ4n) is 2.45. The summed E-state index contributed by atoms with van der Waals surface area (Å²) in [5.41, 5.74) is 4.41. The molecule has 0 aromatic heterocycles. The Bertz CT molecular complexity index is 739. The van der Waals surface area contributed by atoms with E-state index in [1.54, 1.807) is 7.11 Å². The summed E-state index contributed by atoms with van der Waals surface area (Å²) in [7, 11) is 5.74. The van der Waals surface area contributed by atoms with E-state index >= 15 is 0 Å². The van der Waals surface area contributed by atoms with Crippen LogP contribution in [0.3, 0.4) is 0 Å². The van der Waals surface area contributed by atoms with E-state index in [4.69, 9.17) is 17.0 Å². The van der Waals surface area contributed by atoms with E-state index in [-0.39, 0.29) is 0 Å². The SMILES string of the molecule is C=C(C)CNC(=S)N(Cc1ccc(N(C)C)cc1)c1ccc(OC)cc1. The van der Waals surface area contributed by atoms with Crippen LogP contribution in [0.1, 0.15) is 12.5 Å². The van der Waals surface area contributed by atoms with Crippen LogP contribution >= 0.6 is 12.2 Å². The molecule has 0 spiro atoms. The molecule has 0 saturated carbocycles. The molecule has 0 aliphatic heterocycles. The van der Waals surface area contributed by atoms with E-state index in [9.17, 15) is 0 Å². The van der Waals surface area contributed by atoms with Crippen LogP contribution in [0, 0.1) is 0 Å². The Balaban J connectivity index is 2.23. The number of anilines is 2. The average molecular weight is 370 g/mol. The minimum absolute atomic E-state index is 0.658. The molecule has 0 heterocycles. The van der Waals surface area contributed by atoms with Crippen LogP contribution in [0.15, 0.2) is 60.7 Å². The van der Waals surface area contributed by atoms with Crippen LogP contribution in [0.25, 0.3) is 0 Å². The van der Waals surface area contributed by atoms with Crippen LogP contribution in [-0.2, 0) is 6.54 Å². The van der Waals surface area contributed by atoms with Gasteiger partial charge < -0.3 is 19.9 Å². The van der Waals surface area contributed by atoms with Crippen LogP contribution in [-0.4, -0.2) is 32.9 Å². The number of nitrogens with zero attached hydrogens (tertiary/aromatic N) is 2. The largest absolute Gasteiger partial charge is 0.497 e. The lowest BCUT2D eigenvalue weighted by molar-refractivity contribution is 0.415. The molecule has 0 fully saturated rings. The van der Waals surface area contributed by atoms with Gasteiger partial charge in [-0.2, -0.15) is 0 Å². The van der Waals surface area contributed by atoms with E-state index in [1.807, 2.05) is 45.3 Å². The Kier molecular flexibility index (Phi) is 7.04. The Labute approximate surface area is 162 Å². The number of rotatable bonds is 7. The van der Waals surface area contributed by atoms with Gasteiger partial charge in [0.25, 0.3) is 0 Å². The Hall–Kier alpha value is -2.53. The minimum atomic E-state index is 0.658. The molecule has 0 bridgehead atoms. The first-order valence-corrected chi connectivity index (χ1v) is 8.91. The molecule has 4 nitrogen and oxygen atoms in total. The minimum Gasteiger partial charge on any atom is -0.497 e. The molecule has 2 aromatic carbocycles. The summed E-state index contributed by atoms with van der Waals surface area (Å²) in [4.78, 5) is 4.17. The van der Waals surface area contributed by atoms with Crippen molar-refractivity contribution in [1.29, 1.82) is 0 Å². The van der Waals surface area contributed by atoms with Gasteiger partial charge in [-0.1, -0.05) is 24.3 Å². The van der Waals surface area contributed by atoms with Gasteiger partial charge >= 0.3 is 0 Å². The number of methoxy groups -OCH3 is 1. The second kappa shape index (κ2) is 9.25. The van der Waals surface area contributed by atoms with Gasteiger partial charge in [0, 0.05) is 32.0 Å². The van der Waals surface area contributed by atoms with Gasteiger partial charge in [-0.3, -0.25) is 0 Å². The summed E-state index contributed by atoms with van der Waals surface area (Å²) >= 11 is 5.64. The zero-order chi connectivity index (χ0) is 19.1. The molecule has 1 N–H and O–H groups in total. The van der Waals surface area contributed by atoms with E-state index in [2.05, 4.69) is 46.0 Å². The van der Waals surface area contributed by atoms with Crippen molar-refractivity contribution < 1.29 is 4.74 Å². The molecular weight excluding hydrogens is 342 g/mol. The second-order valence-corrected chi connectivity index (χ2v) is 6.85. The summed E-state index contributed by atoms with van der Waals surface area (Å²) in [5, 5.41) is 3.95. The number of hydrogen-bond acceptors (Lipinski definition) is 3. The summed E-state index contributed by atoms with van der Waals surface area (Å²) in [6.45, 7) is 7.25. The maximum atomic E-state index is 5.64. The van der Waals surface area contributed by atoms with Gasteiger partial charge in [0.15, 0.2) is 5.11 Å². The van der Waals surface area contributed by atoms with E-state index in [1.165, 1.54) is 11.3 Å². The lowest BCUT2D eigenvalue weighted by atomic mass is 10.1. The maximum Gasteiger partial charge on any atom is 0.174 e. The molecule has 0 amide bonds. The van der Waals surface area contributed by atoms with Gasteiger partial charge in [0.2, 0.25) is 0 Å². The predicted octanol–water partition coefficient (Wildman–Crippen LogP) is 4.22. The van der Waals surface area contributed by atoms with Crippen molar-refractivity contribution in [2.75, 3.05) is 37.5 Å². The van der Waals surface area contributed by atoms with Gasteiger partial charge in [-0.05, 0) is 61.1 Å². The highest BCUT2D eigenvalue weighted by molar-refractivity contribution is 7.80. The first kappa shape index (κ1) is 19.8. The Morgan fingerprint density at radius 2 is 1.62 bits per heavy atom. The second-order valence-electron chi connectivity index (χ2n) is 6.46. The van der Waals surface area contributed by atoms with E-state index in [0.717, 1.165) is 17.0 Å². The lowest BCUT2D eigenvalue weighted by Gasteiger charge is -2.26. The first-order valence-electron chi connectivity index (χ1n) is 8.50.